The van der Waals surface area contributed by atoms with Crippen molar-refractivity contribution in [2.75, 3.05) is 38.7 Å². The highest BCUT2D eigenvalue weighted by Gasteiger charge is 2.32. The summed E-state index contributed by atoms with van der Waals surface area (Å²) in [5, 5.41) is 22.5. The molecule has 2 aromatic carbocycles. The summed E-state index contributed by atoms with van der Waals surface area (Å²) in [6.07, 6.45) is 4.54. The lowest BCUT2D eigenvalue weighted by atomic mass is 10.0. The summed E-state index contributed by atoms with van der Waals surface area (Å²) in [5.41, 5.74) is 3.39. The molecule has 1 saturated heterocycles. The van der Waals surface area contributed by atoms with Crippen LogP contribution in [0.3, 0.4) is 0 Å². The van der Waals surface area contributed by atoms with Gasteiger partial charge in [-0.05, 0) is 36.0 Å². The summed E-state index contributed by atoms with van der Waals surface area (Å²) in [4.78, 5) is 16.5. The van der Waals surface area contributed by atoms with Gasteiger partial charge in [0, 0.05) is 42.6 Å². The number of nitrogens with zero attached hydrogens (tertiary/aromatic N) is 3. The number of hydrogen-bond donors (Lipinski definition) is 3. The number of allylic oxidation sites excluding steroid dienone is 4. The zero-order valence-corrected chi connectivity index (χ0v) is 17.3. The highest BCUT2D eigenvalue weighted by molar-refractivity contribution is 6.12. The number of anilines is 1. The topological polar surface area (TPSA) is 88.3 Å². The first kappa shape index (κ1) is 20.6. The maximum atomic E-state index is 12.7. The molecule has 8 heteroatoms. The van der Waals surface area contributed by atoms with Gasteiger partial charge in [0.05, 0.1) is 0 Å². The Morgan fingerprint density at radius 3 is 2.52 bits per heavy atom. The van der Waals surface area contributed by atoms with Crippen LogP contribution in [0.5, 0.6) is 0 Å². The third-order valence-corrected chi connectivity index (χ3v) is 5.47. The van der Waals surface area contributed by atoms with E-state index in [1.807, 2.05) is 31.3 Å². The minimum atomic E-state index is -0.479. The summed E-state index contributed by atoms with van der Waals surface area (Å²) in [6.45, 7) is 6.66. The minimum Gasteiger partial charge on any atom is -0.403 e. The van der Waals surface area contributed by atoms with Crippen molar-refractivity contribution >= 4 is 34.0 Å². The predicted molar refractivity (Wildman–Crippen MR) is 118 cm³/mol. The van der Waals surface area contributed by atoms with Crippen LogP contribution < -0.4 is 5.48 Å². The van der Waals surface area contributed by atoms with E-state index in [4.69, 9.17) is 4.74 Å². The average molecular weight is 421 g/mol. The highest BCUT2D eigenvalue weighted by atomic mass is 16.6. The Labute approximate surface area is 180 Å². The lowest BCUT2D eigenvalue weighted by Crippen LogP contribution is -2.47. The summed E-state index contributed by atoms with van der Waals surface area (Å²) >= 11 is 0. The van der Waals surface area contributed by atoms with Crippen LogP contribution in [0.25, 0.3) is 10.8 Å². The van der Waals surface area contributed by atoms with Gasteiger partial charge in [-0.2, -0.15) is 0 Å². The summed E-state index contributed by atoms with van der Waals surface area (Å²) < 4.78 is 6.52. The molecule has 8 nitrogen and oxygen atoms in total. The maximum absolute atomic E-state index is 12.7. The minimum absolute atomic E-state index is 0.177. The highest BCUT2D eigenvalue weighted by Crippen LogP contribution is 2.31. The van der Waals surface area contributed by atoms with E-state index in [2.05, 4.69) is 17.0 Å². The van der Waals surface area contributed by atoms with Crippen LogP contribution in [0.2, 0.25) is 0 Å². The number of ether oxygens (including phenoxy) is 1. The van der Waals surface area contributed by atoms with Gasteiger partial charge in [0.15, 0.2) is 0 Å². The second-order valence-electron chi connectivity index (χ2n) is 7.56. The van der Waals surface area contributed by atoms with Gasteiger partial charge in [-0.3, -0.25) is 15.9 Å². The van der Waals surface area contributed by atoms with Gasteiger partial charge in [-0.25, -0.2) is 4.79 Å². The van der Waals surface area contributed by atoms with Crippen molar-refractivity contribution < 1.29 is 24.7 Å². The Hall–Kier alpha value is -3.62. The number of hydrogen-bond acceptors (Lipinski definition) is 6. The van der Waals surface area contributed by atoms with Crippen molar-refractivity contribution in [2.24, 2.45) is 0 Å². The van der Waals surface area contributed by atoms with Crippen LogP contribution in [0, 0.1) is 0 Å². The molecule has 0 unspecified atom stereocenters. The van der Waals surface area contributed by atoms with Crippen molar-refractivity contribution in [1.82, 2.24) is 9.80 Å². The molecule has 1 amide bonds. The van der Waals surface area contributed by atoms with E-state index in [0.717, 1.165) is 28.6 Å². The molecule has 2 aromatic rings. The van der Waals surface area contributed by atoms with E-state index in [1.165, 1.54) is 0 Å². The van der Waals surface area contributed by atoms with Crippen molar-refractivity contribution in [3.05, 3.63) is 72.5 Å². The first-order valence-corrected chi connectivity index (χ1v) is 10.00. The molecular formula is C23H25N4O4+. The molecule has 0 saturated carbocycles. The van der Waals surface area contributed by atoms with E-state index >= 15 is 0 Å². The van der Waals surface area contributed by atoms with Gasteiger partial charge >= 0.3 is 11.8 Å². The zero-order valence-electron chi connectivity index (χ0n) is 17.3. The van der Waals surface area contributed by atoms with Crippen molar-refractivity contribution in [3.63, 3.8) is 0 Å². The molecule has 1 aliphatic heterocycles. The Morgan fingerprint density at radius 2 is 1.84 bits per heavy atom. The van der Waals surface area contributed by atoms with Crippen LogP contribution in [-0.4, -0.2) is 70.0 Å². The fraction of sp³-hybridized carbons (Fsp3) is 0.217. The molecule has 0 radical (unpaired) electrons. The third-order valence-electron chi connectivity index (χ3n) is 5.47. The van der Waals surface area contributed by atoms with Gasteiger partial charge in [-0.15, -0.1) is 0 Å². The normalized spacial score (nSPS) is 18.7. The maximum Gasteiger partial charge on any atom is 0.415 e. The van der Waals surface area contributed by atoms with Crippen LogP contribution in [0.4, 0.5) is 16.2 Å². The fourth-order valence-electron chi connectivity index (χ4n) is 3.65. The molecule has 1 aliphatic carbocycles. The van der Waals surface area contributed by atoms with Gasteiger partial charge in [-0.1, -0.05) is 36.9 Å². The molecule has 0 spiro atoms. The standard InChI is InChI=1S/C23H25N4O4/c1-16-6-5-9-21(31-23(28)26-12-10-25(2)11-13-26)22(16)27(30)20-15-18-8-4-3-7-17(18)14-19(20)24-29/h3-9,14-15,24,29-30H,1,10-13H2,2H3/q+1/b27-22-. The molecule has 1 fully saturated rings. The largest absolute Gasteiger partial charge is 0.415 e. The summed E-state index contributed by atoms with van der Waals surface area (Å²) in [7, 11) is 2.01. The lowest BCUT2D eigenvalue weighted by molar-refractivity contribution is -0.712. The number of fused-ring (bicyclic) bond motifs is 1. The van der Waals surface area contributed by atoms with E-state index in [9.17, 15) is 15.2 Å². The number of carbonyl (C=O) groups excluding carboxylic acids is 1. The van der Waals surface area contributed by atoms with Gasteiger partial charge < -0.3 is 14.5 Å². The molecule has 160 valence electrons. The van der Waals surface area contributed by atoms with Crippen molar-refractivity contribution in [1.29, 1.82) is 0 Å². The van der Waals surface area contributed by atoms with E-state index < -0.39 is 6.09 Å². The average Bonchev–Trinajstić information content (AvgIpc) is 2.78. The first-order chi connectivity index (χ1) is 15.0. The number of amides is 1. The van der Waals surface area contributed by atoms with Crippen LogP contribution in [-0.2, 0) is 4.74 Å². The van der Waals surface area contributed by atoms with Crippen LogP contribution in [0.1, 0.15) is 0 Å². The first-order valence-electron chi connectivity index (χ1n) is 10.00. The molecule has 0 bridgehead atoms. The second-order valence-corrected chi connectivity index (χ2v) is 7.56. The molecule has 2 aliphatic rings. The molecular weight excluding hydrogens is 396 g/mol. The van der Waals surface area contributed by atoms with Gasteiger partial charge in [0.1, 0.15) is 5.69 Å². The Balaban J connectivity index is 1.71. The third kappa shape index (κ3) is 4.16. The number of rotatable bonds is 3. The van der Waals surface area contributed by atoms with Gasteiger partial charge in [0.25, 0.3) is 5.69 Å². The number of benzene rings is 2. The Bertz CT molecular complexity index is 1130. The molecule has 4 rings (SSSR count). The number of carbonyl (C=O) groups is 1. The zero-order chi connectivity index (χ0) is 22.0. The quantitative estimate of drug-likeness (QED) is 0.399. The smallest absolute Gasteiger partial charge is 0.403 e. The Morgan fingerprint density at radius 1 is 1.16 bits per heavy atom. The summed E-state index contributed by atoms with van der Waals surface area (Å²) in [6, 6.07) is 11.0. The monoisotopic (exact) mass is 421 g/mol. The number of likely N-dealkylation sites (N-methyl/N-ethyl adjacent to an activating group) is 1. The van der Waals surface area contributed by atoms with E-state index in [1.54, 1.807) is 35.3 Å². The number of nitrogens with one attached hydrogen (secondary N) is 1. The molecule has 31 heavy (non-hydrogen) atoms. The Kier molecular flexibility index (Phi) is 5.75. The molecule has 0 aromatic heterocycles. The lowest BCUT2D eigenvalue weighted by Gasteiger charge is -2.31. The van der Waals surface area contributed by atoms with Gasteiger partial charge in [0.2, 0.25) is 5.76 Å². The van der Waals surface area contributed by atoms with Crippen molar-refractivity contribution in [2.45, 2.75) is 0 Å². The summed E-state index contributed by atoms with van der Waals surface area (Å²) in [5.74, 6) is 0.177. The molecule has 1 heterocycles. The van der Waals surface area contributed by atoms with E-state index in [0.29, 0.717) is 24.4 Å². The predicted octanol–water partition coefficient (Wildman–Crippen LogP) is 3.51. The van der Waals surface area contributed by atoms with E-state index in [-0.39, 0.29) is 17.2 Å². The SMILES string of the molecule is C=C1C=CC=C(OC(=O)N2CCN(C)CC2)/C1=[N+](\O)c1cc2ccccc2cc1NO. The van der Waals surface area contributed by atoms with Crippen LogP contribution >= 0.6 is 0 Å². The molecule has 0 atom stereocenters. The second kappa shape index (κ2) is 8.63. The molecule has 3 N–H and O–H groups in total. The van der Waals surface area contributed by atoms with Crippen LogP contribution in [0.15, 0.2) is 72.5 Å². The number of piperazine rings is 1. The fourth-order valence-corrected chi connectivity index (χ4v) is 3.65. The van der Waals surface area contributed by atoms with Crippen molar-refractivity contribution in [3.8, 4) is 0 Å².